The molecule has 102 valence electrons. The van der Waals surface area contributed by atoms with E-state index in [1.54, 1.807) is 6.07 Å². The van der Waals surface area contributed by atoms with Crippen LogP contribution in [0.4, 0.5) is 4.39 Å². The van der Waals surface area contributed by atoms with Crippen LogP contribution in [0.1, 0.15) is 43.8 Å². The summed E-state index contributed by atoms with van der Waals surface area (Å²) in [6.45, 7) is 2.76. The molecule has 1 aromatic heterocycles. The van der Waals surface area contributed by atoms with Gasteiger partial charge >= 0.3 is 0 Å². The Labute approximate surface area is 117 Å². The second kappa shape index (κ2) is 5.12. The van der Waals surface area contributed by atoms with Crippen molar-refractivity contribution in [2.75, 3.05) is 0 Å². The molecule has 19 heavy (non-hydrogen) atoms. The van der Waals surface area contributed by atoms with Crippen molar-refractivity contribution in [2.24, 2.45) is 5.92 Å². The fraction of sp³-hybridized carbons (Fsp3) is 0.533. The number of benzene rings is 1. The number of imidazole rings is 1. The Bertz CT molecular complexity index is 587. The number of aryl methyl sites for hydroxylation is 1. The normalized spacial score (nSPS) is 17.0. The van der Waals surface area contributed by atoms with Crippen LogP contribution in [-0.2, 0) is 6.54 Å². The Balaban J connectivity index is 1.93. The molecule has 1 fully saturated rings. The SMILES string of the molecule is CC(Cl)c1nc2c(F)cccc2n1CCCC1CC1. The minimum atomic E-state index is -0.267. The van der Waals surface area contributed by atoms with Crippen LogP contribution in [0.25, 0.3) is 11.0 Å². The van der Waals surface area contributed by atoms with Crippen LogP contribution in [0.3, 0.4) is 0 Å². The highest BCUT2D eigenvalue weighted by Gasteiger charge is 2.21. The van der Waals surface area contributed by atoms with Crippen molar-refractivity contribution in [3.63, 3.8) is 0 Å². The van der Waals surface area contributed by atoms with Crippen molar-refractivity contribution in [3.8, 4) is 0 Å². The lowest BCUT2D eigenvalue weighted by molar-refractivity contribution is 0.569. The molecular formula is C15H18ClFN2. The van der Waals surface area contributed by atoms with E-state index in [0.717, 1.165) is 30.2 Å². The third-order valence-electron chi connectivity index (χ3n) is 3.81. The van der Waals surface area contributed by atoms with E-state index in [9.17, 15) is 4.39 Å². The smallest absolute Gasteiger partial charge is 0.151 e. The van der Waals surface area contributed by atoms with Gasteiger partial charge in [-0.1, -0.05) is 18.9 Å². The number of rotatable bonds is 5. The van der Waals surface area contributed by atoms with Gasteiger partial charge in [0.25, 0.3) is 0 Å². The molecule has 4 heteroatoms. The van der Waals surface area contributed by atoms with Crippen molar-refractivity contribution >= 4 is 22.6 Å². The van der Waals surface area contributed by atoms with Crippen LogP contribution in [0.2, 0.25) is 0 Å². The van der Waals surface area contributed by atoms with Gasteiger partial charge in [0.2, 0.25) is 0 Å². The molecule has 0 saturated heterocycles. The Morgan fingerprint density at radius 1 is 1.47 bits per heavy atom. The van der Waals surface area contributed by atoms with Gasteiger partial charge in [0, 0.05) is 6.54 Å². The van der Waals surface area contributed by atoms with Crippen molar-refractivity contribution < 1.29 is 4.39 Å². The average molecular weight is 281 g/mol. The summed E-state index contributed by atoms with van der Waals surface area (Å²) in [5.74, 6) is 1.43. The summed E-state index contributed by atoms with van der Waals surface area (Å²) in [6.07, 6.45) is 5.12. The number of nitrogens with zero attached hydrogens (tertiary/aromatic N) is 2. The fourth-order valence-electron chi connectivity index (χ4n) is 2.61. The summed E-state index contributed by atoms with van der Waals surface area (Å²) in [7, 11) is 0. The molecule has 0 N–H and O–H groups in total. The van der Waals surface area contributed by atoms with Crippen LogP contribution >= 0.6 is 11.6 Å². The van der Waals surface area contributed by atoms with Gasteiger partial charge in [-0.25, -0.2) is 9.37 Å². The zero-order valence-corrected chi connectivity index (χ0v) is 11.8. The maximum absolute atomic E-state index is 13.8. The van der Waals surface area contributed by atoms with Crippen LogP contribution in [0.5, 0.6) is 0 Å². The molecule has 1 aromatic carbocycles. The molecule has 0 amide bonds. The van der Waals surface area contributed by atoms with Gasteiger partial charge in [-0.3, -0.25) is 0 Å². The van der Waals surface area contributed by atoms with E-state index in [1.165, 1.54) is 25.3 Å². The van der Waals surface area contributed by atoms with Gasteiger partial charge in [-0.2, -0.15) is 0 Å². The average Bonchev–Trinajstić information content (AvgIpc) is 3.11. The third-order valence-corrected chi connectivity index (χ3v) is 4.00. The number of halogens is 2. The Morgan fingerprint density at radius 2 is 2.26 bits per heavy atom. The van der Waals surface area contributed by atoms with E-state index in [4.69, 9.17) is 11.6 Å². The Hall–Kier alpha value is -1.09. The highest BCUT2D eigenvalue weighted by molar-refractivity contribution is 6.20. The first-order valence-corrected chi connectivity index (χ1v) is 7.39. The zero-order valence-electron chi connectivity index (χ0n) is 11.1. The Kier molecular flexibility index (Phi) is 3.48. The van der Waals surface area contributed by atoms with Crippen molar-refractivity contribution in [2.45, 2.75) is 44.5 Å². The summed E-state index contributed by atoms with van der Waals surface area (Å²) < 4.78 is 15.9. The second-order valence-corrected chi connectivity index (χ2v) is 6.09. The standard InChI is InChI=1S/C15H18ClFN2/c1-10(16)15-18-14-12(17)5-2-6-13(14)19(15)9-3-4-11-7-8-11/h2,5-6,10-11H,3-4,7-9H2,1H3. The zero-order chi connectivity index (χ0) is 13.4. The lowest BCUT2D eigenvalue weighted by Gasteiger charge is -2.10. The van der Waals surface area contributed by atoms with E-state index >= 15 is 0 Å². The minimum Gasteiger partial charge on any atom is -0.327 e. The van der Waals surface area contributed by atoms with Gasteiger partial charge in [-0.15, -0.1) is 11.6 Å². The topological polar surface area (TPSA) is 17.8 Å². The maximum atomic E-state index is 13.8. The van der Waals surface area contributed by atoms with E-state index in [2.05, 4.69) is 9.55 Å². The summed E-state index contributed by atoms with van der Waals surface area (Å²) in [5.41, 5.74) is 1.30. The van der Waals surface area contributed by atoms with E-state index < -0.39 is 0 Å². The summed E-state index contributed by atoms with van der Waals surface area (Å²) in [6, 6.07) is 5.11. The van der Waals surface area contributed by atoms with Crippen molar-refractivity contribution in [3.05, 3.63) is 29.8 Å². The molecular weight excluding hydrogens is 263 g/mol. The number of hydrogen-bond acceptors (Lipinski definition) is 1. The quantitative estimate of drug-likeness (QED) is 0.728. The largest absolute Gasteiger partial charge is 0.327 e. The highest BCUT2D eigenvalue weighted by Crippen LogP contribution is 2.34. The number of aromatic nitrogens is 2. The molecule has 0 spiro atoms. The fourth-order valence-corrected chi connectivity index (χ4v) is 2.78. The predicted octanol–water partition coefficient (Wildman–Crippen LogP) is 4.67. The van der Waals surface area contributed by atoms with Gasteiger partial charge < -0.3 is 4.57 Å². The first-order valence-electron chi connectivity index (χ1n) is 6.95. The molecule has 2 aromatic rings. The van der Waals surface area contributed by atoms with Crippen LogP contribution in [-0.4, -0.2) is 9.55 Å². The molecule has 0 bridgehead atoms. The second-order valence-electron chi connectivity index (χ2n) is 5.43. The van der Waals surface area contributed by atoms with Crippen molar-refractivity contribution in [1.29, 1.82) is 0 Å². The minimum absolute atomic E-state index is 0.201. The highest BCUT2D eigenvalue weighted by atomic mass is 35.5. The van der Waals surface area contributed by atoms with Crippen LogP contribution < -0.4 is 0 Å². The van der Waals surface area contributed by atoms with Crippen LogP contribution in [0.15, 0.2) is 18.2 Å². The molecule has 1 aliphatic carbocycles. The van der Waals surface area contributed by atoms with E-state index in [0.29, 0.717) is 5.52 Å². The molecule has 3 rings (SSSR count). The summed E-state index contributed by atoms with van der Waals surface area (Å²) in [5, 5.41) is -0.201. The summed E-state index contributed by atoms with van der Waals surface area (Å²) in [4.78, 5) is 4.38. The molecule has 1 aliphatic rings. The van der Waals surface area contributed by atoms with Gasteiger partial charge in [0.05, 0.1) is 10.9 Å². The van der Waals surface area contributed by atoms with Gasteiger partial charge in [-0.05, 0) is 37.8 Å². The molecule has 0 aliphatic heterocycles. The first kappa shape index (κ1) is 12.9. The molecule has 2 nitrogen and oxygen atoms in total. The predicted molar refractivity (Wildman–Crippen MR) is 75.9 cm³/mol. The van der Waals surface area contributed by atoms with Gasteiger partial charge in [0.1, 0.15) is 11.3 Å². The first-order chi connectivity index (χ1) is 9.16. The monoisotopic (exact) mass is 280 g/mol. The van der Waals surface area contributed by atoms with Crippen molar-refractivity contribution in [1.82, 2.24) is 9.55 Å². The molecule has 1 unspecified atom stereocenters. The molecule has 1 heterocycles. The van der Waals surface area contributed by atoms with Crippen LogP contribution in [0, 0.1) is 11.7 Å². The maximum Gasteiger partial charge on any atom is 0.151 e. The number of para-hydroxylation sites is 1. The number of alkyl halides is 1. The van der Waals surface area contributed by atoms with E-state index in [1.807, 2.05) is 13.0 Å². The van der Waals surface area contributed by atoms with Gasteiger partial charge in [0.15, 0.2) is 5.82 Å². The number of fused-ring (bicyclic) bond motifs is 1. The molecule has 0 radical (unpaired) electrons. The molecule has 1 atom stereocenters. The Morgan fingerprint density at radius 3 is 2.95 bits per heavy atom. The third kappa shape index (κ3) is 2.62. The molecule has 1 saturated carbocycles. The lowest BCUT2D eigenvalue weighted by atomic mass is 10.2. The van der Waals surface area contributed by atoms with E-state index in [-0.39, 0.29) is 11.2 Å². The summed E-state index contributed by atoms with van der Waals surface area (Å²) >= 11 is 6.18. The number of hydrogen-bond donors (Lipinski definition) is 0. The lowest BCUT2D eigenvalue weighted by Crippen LogP contribution is -2.05.